The Balaban J connectivity index is 1.43. The monoisotopic (exact) mass is 365 g/mol. The summed E-state index contributed by atoms with van der Waals surface area (Å²) >= 11 is 0. The Bertz CT molecular complexity index is 868. The predicted molar refractivity (Wildman–Crippen MR) is 101 cm³/mol. The lowest BCUT2D eigenvalue weighted by atomic mass is 10.1. The number of aromatic nitrogens is 4. The van der Waals surface area contributed by atoms with Gasteiger partial charge in [-0.1, -0.05) is 30.3 Å². The molecule has 4 rings (SSSR count). The maximum atomic E-state index is 5.93. The van der Waals surface area contributed by atoms with E-state index < -0.39 is 0 Å². The van der Waals surface area contributed by atoms with E-state index in [0.29, 0.717) is 25.0 Å². The highest BCUT2D eigenvalue weighted by Gasteiger charge is 2.33. The van der Waals surface area contributed by atoms with E-state index >= 15 is 0 Å². The fourth-order valence-electron chi connectivity index (χ4n) is 3.23. The maximum absolute atomic E-state index is 5.93. The molecule has 1 saturated heterocycles. The molecule has 0 bridgehead atoms. The van der Waals surface area contributed by atoms with Crippen molar-refractivity contribution < 1.29 is 9.47 Å². The molecule has 0 spiro atoms. The summed E-state index contributed by atoms with van der Waals surface area (Å²) in [5, 5.41) is 3.39. The molecule has 7 nitrogen and oxygen atoms in total. The minimum atomic E-state index is -0.113. The van der Waals surface area contributed by atoms with Gasteiger partial charge in [-0.25, -0.2) is 9.97 Å². The Morgan fingerprint density at radius 1 is 1.19 bits per heavy atom. The second kappa shape index (κ2) is 8.18. The van der Waals surface area contributed by atoms with Gasteiger partial charge < -0.3 is 19.4 Å². The summed E-state index contributed by atoms with van der Waals surface area (Å²) < 4.78 is 13.8. The van der Waals surface area contributed by atoms with Crippen molar-refractivity contribution in [2.24, 2.45) is 0 Å². The Kier molecular flexibility index (Phi) is 5.29. The largest absolute Gasteiger partial charge is 0.473 e. The fourth-order valence-corrected chi connectivity index (χ4v) is 3.23. The number of nitrogens with one attached hydrogen (secondary N) is 1. The van der Waals surface area contributed by atoms with Crippen LogP contribution in [0.25, 0.3) is 0 Å². The molecule has 140 valence electrons. The first-order valence-corrected chi connectivity index (χ1v) is 9.22. The molecule has 3 heterocycles. The van der Waals surface area contributed by atoms with Crippen LogP contribution in [0, 0.1) is 0 Å². The average Bonchev–Trinajstić information content (AvgIpc) is 3.36. The minimum Gasteiger partial charge on any atom is -0.473 e. The Morgan fingerprint density at radius 2 is 2.07 bits per heavy atom. The van der Waals surface area contributed by atoms with Crippen molar-refractivity contribution in [1.29, 1.82) is 0 Å². The van der Waals surface area contributed by atoms with Gasteiger partial charge in [0.1, 0.15) is 18.5 Å². The third-order valence-electron chi connectivity index (χ3n) is 4.61. The molecule has 1 aliphatic rings. The number of benzene rings is 1. The predicted octanol–water partition coefficient (Wildman–Crippen LogP) is 3.21. The Hall–Kier alpha value is -2.93. The fraction of sp³-hybridized carbons (Fsp3) is 0.350. The molecule has 3 aromatic rings. The molecule has 1 aliphatic heterocycles. The van der Waals surface area contributed by atoms with Crippen LogP contribution < -0.4 is 10.1 Å². The minimum absolute atomic E-state index is 0.0714. The zero-order valence-electron chi connectivity index (χ0n) is 15.3. The van der Waals surface area contributed by atoms with Crippen LogP contribution in [0.2, 0.25) is 0 Å². The van der Waals surface area contributed by atoms with Crippen molar-refractivity contribution in [3.63, 3.8) is 0 Å². The lowest BCUT2D eigenvalue weighted by molar-refractivity contribution is 0.0975. The van der Waals surface area contributed by atoms with Crippen LogP contribution in [0.1, 0.15) is 30.8 Å². The zero-order chi connectivity index (χ0) is 18.5. The summed E-state index contributed by atoms with van der Waals surface area (Å²) in [5.41, 5.74) is 1.10. The average molecular weight is 365 g/mol. The van der Waals surface area contributed by atoms with Crippen LogP contribution in [0.15, 0.2) is 55.0 Å². The van der Waals surface area contributed by atoms with Gasteiger partial charge in [-0.3, -0.25) is 0 Å². The molecular formula is C20H23N5O2. The van der Waals surface area contributed by atoms with E-state index in [0.717, 1.165) is 24.4 Å². The lowest BCUT2D eigenvalue weighted by Gasteiger charge is -2.20. The third-order valence-corrected chi connectivity index (χ3v) is 4.61. The second-order valence-electron chi connectivity index (χ2n) is 6.40. The van der Waals surface area contributed by atoms with Crippen molar-refractivity contribution in [1.82, 2.24) is 19.5 Å². The molecule has 1 N–H and O–H groups in total. The van der Waals surface area contributed by atoms with E-state index in [1.54, 1.807) is 12.3 Å². The highest BCUT2D eigenvalue weighted by molar-refractivity contribution is 5.30. The number of anilines is 1. The number of ether oxygens (including phenoxy) is 2. The maximum Gasteiger partial charge on any atom is 0.226 e. The van der Waals surface area contributed by atoms with Gasteiger partial charge in [0.15, 0.2) is 0 Å². The summed E-state index contributed by atoms with van der Waals surface area (Å²) in [7, 11) is 0. The number of imidazole rings is 1. The number of nitrogens with zero attached hydrogens (tertiary/aromatic N) is 4. The first-order chi connectivity index (χ1) is 13.3. The van der Waals surface area contributed by atoms with Crippen LogP contribution in [-0.2, 0) is 17.9 Å². The van der Waals surface area contributed by atoms with E-state index in [4.69, 9.17) is 9.47 Å². The smallest absolute Gasteiger partial charge is 0.226 e. The summed E-state index contributed by atoms with van der Waals surface area (Å²) in [6.07, 6.45) is 6.25. The Labute approximate surface area is 158 Å². The van der Waals surface area contributed by atoms with E-state index in [1.807, 2.05) is 42.7 Å². The van der Waals surface area contributed by atoms with E-state index in [2.05, 4.69) is 31.8 Å². The molecule has 27 heavy (non-hydrogen) atoms. The summed E-state index contributed by atoms with van der Waals surface area (Å²) in [6, 6.07) is 11.9. The van der Waals surface area contributed by atoms with Crippen LogP contribution >= 0.6 is 0 Å². The number of hydrogen-bond donors (Lipinski definition) is 1. The molecule has 1 fully saturated rings. The molecule has 0 unspecified atom stereocenters. The van der Waals surface area contributed by atoms with Crippen molar-refractivity contribution in [2.75, 3.05) is 11.9 Å². The van der Waals surface area contributed by atoms with Crippen LogP contribution in [0.3, 0.4) is 0 Å². The van der Waals surface area contributed by atoms with Crippen molar-refractivity contribution >= 4 is 5.95 Å². The van der Waals surface area contributed by atoms with Gasteiger partial charge in [0.2, 0.25) is 11.8 Å². The van der Waals surface area contributed by atoms with Gasteiger partial charge in [-0.15, -0.1) is 0 Å². The number of aryl methyl sites for hydroxylation is 1. The van der Waals surface area contributed by atoms with Gasteiger partial charge in [0, 0.05) is 37.8 Å². The molecule has 7 heteroatoms. The van der Waals surface area contributed by atoms with Crippen molar-refractivity contribution in [3.05, 3.63) is 66.4 Å². The van der Waals surface area contributed by atoms with E-state index in [9.17, 15) is 0 Å². The molecule has 2 aromatic heterocycles. The molecule has 2 atom stereocenters. The summed E-state index contributed by atoms with van der Waals surface area (Å²) in [4.78, 5) is 13.3. The topological polar surface area (TPSA) is 74.1 Å². The van der Waals surface area contributed by atoms with Crippen molar-refractivity contribution in [2.45, 2.75) is 38.6 Å². The number of hydrogen-bond acceptors (Lipinski definition) is 6. The standard InChI is InChI=1S/C20H23N5O2/c1-2-25-12-11-21-19(25)18-16(9-13-26-18)23-20-22-10-8-17(24-20)27-14-15-6-4-3-5-7-15/h3-8,10-12,16,18H,2,9,13-14H2,1H3,(H,22,23,24)/t16-,18-/m0/s1. The molecule has 0 aliphatic carbocycles. The highest BCUT2D eigenvalue weighted by Crippen LogP contribution is 2.30. The molecule has 0 radical (unpaired) electrons. The molecular weight excluding hydrogens is 342 g/mol. The highest BCUT2D eigenvalue weighted by atomic mass is 16.5. The molecule has 1 aromatic carbocycles. The normalized spacial score (nSPS) is 19.1. The Morgan fingerprint density at radius 3 is 2.93 bits per heavy atom. The number of rotatable bonds is 7. The lowest BCUT2D eigenvalue weighted by Crippen LogP contribution is -2.26. The third kappa shape index (κ3) is 4.09. The van der Waals surface area contributed by atoms with Gasteiger partial charge in [-0.2, -0.15) is 4.98 Å². The first-order valence-electron chi connectivity index (χ1n) is 9.22. The quantitative estimate of drug-likeness (QED) is 0.693. The second-order valence-corrected chi connectivity index (χ2v) is 6.40. The van der Waals surface area contributed by atoms with Crippen LogP contribution in [-0.4, -0.2) is 32.2 Å². The summed E-state index contributed by atoms with van der Waals surface area (Å²) in [5.74, 6) is 2.02. The molecule has 0 amide bonds. The van der Waals surface area contributed by atoms with Crippen LogP contribution in [0.5, 0.6) is 5.88 Å². The summed E-state index contributed by atoms with van der Waals surface area (Å²) in [6.45, 7) is 4.12. The van der Waals surface area contributed by atoms with Gasteiger partial charge >= 0.3 is 0 Å². The molecule has 0 saturated carbocycles. The van der Waals surface area contributed by atoms with Crippen molar-refractivity contribution in [3.8, 4) is 5.88 Å². The SMILES string of the molecule is CCn1ccnc1[C@H]1OCC[C@@H]1Nc1nccc(OCc2ccccc2)n1. The van der Waals surface area contributed by atoms with Gasteiger partial charge in [0.05, 0.1) is 6.04 Å². The zero-order valence-corrected chi connectivity index (χ0v) is 15.3. The van der Waals surface area contributed by atoms with Gasteiger partial charge in [-0.05, 0) is 18.9 Å². The van der Waals surface area contributed by atoms with E-state index in [-0.39, 0.29) is 12.1 Å². The van der Waals surface area contributed by atoms with Crippen LogP contribution in [0.4, 0.5) is 5.95 Å². The first kappa shape index (κ1) is 17.5. The van der Waals surface area contributed by atoms with Gasteiger partial charge in [0.25, 0.3) is 0 Å². The van der Waals surface area contributed by atoms with E-state index in [1.165, 1.54) is 0 Å².